The topological polar surface area (TPSA) is 38.7 Å². The predicted molar refractivity (Wildman–Crippen MR) is 79.4 cm³/mol. The molecular weight excluding hydrogens is 276 g/mol. The lowest BCUT2D eigenvalue weighted by atomic mass is 10.1. The first-order valence-electron chi connectivity index (χ1n) is 6.33. The van der Waals surface area contributed by atoms with Crippen molar-refractivity contribution in [3.8, 4) is 11.5 Å². The van der Waals surface area contributed by atoms with Gasteiger partial charge in [0.1, 0.15) is 18.1 Å². The van der Waals surface area contributed by atoms with Crippen molar-refractivity contribution in [3.63, 3.8) is 0 Å². The monoisotopic (exact) mass is 292 g/mol. The molecule has 0 amide bonds. The van der Waals surface area contributed by atoms with Gasteiger partial charge in [0, 0.05) is 10.6 Å². The van der Waals surface area contributed by atoms with Crippen molar-refractivity contribution < 1.29 is 14.6 Å². The Hall–Kier alpha value is -1.71. The summed E-state index contributed by atoms with van der Waals surface area (Å²) in [6.45, 7) is 2.08. The van der Waals surface area contributed by atoms with E-state index >= 15 is 0 Å². The number of aliphatic hydroxyl groups is 1. The lowest BCUT2D eigenvalue weighted by Gasteiger charge is -2.12. The second-order valence-corrected chi connectivity index (χ2v) is 4.93. The van der Waals surface area contributed by atoms with Gasteiger partial charge in [0.2, 0.25) is 0 Å². The van der Waals surface area contributed by atoms with Gasteiger partial charge in [-0.1, -0.05) is 23.7 Å². The van der Waals surface area contributed by atoms with E-state index in [-0.39, 0.29) is 0 Å². The van der Waals surface area contributed by atoms with E-state index in [1.807, 2.05) is 36.4 Å². The van der Waals surface area contributed by atoms with Gasteiger partial charge in [-0.05, 0) is 42.8 Å². The first-order valence-corrected chi connectivity index (χ1v) is 6.71. The fraction of sp³-hybridized carbons (Fsp3) is 0.250. The molecule has 2 aromatic rings. The van der Waals surface area contributed by atoms with Crippen molar-refractivity contribution in [2.75, 3.05) is 7.11 Å². The summed E-state index contributed by atoms with van der Waals surface area (Å²) in [6, 6.07) is 12.8. The van der Waals surface area contributed by atoms with Gasteiger partial charge in [0.15, 0.2) is 0 Å². The number of aliphatic hydroxyl groups excluding tert-OH is 1. The third-order valence-electron chi connectivity index (χ3n) is 2.98. The number of rotatable bonds is 5. The van der Waals surface area contributed by atoms with Crippen molar-refractivity contribution >= 4 is 11.6 Å². The van der Waals surface area contributed by atoms with E-state index in [0.717, 1.165) is 16.9 Å². The van der Waals surface area contributed by atoms with Gasteiger partial charge in [-0.25, -0.2) is 0 Å². The van der Waals surface area contributed by atoms with Gasteiger partial charge in [-0.2, -0.15) is 0 Å². The molecule has 0 aromatic heterocycles. The van der Waals surface area contributed by atoms with Crippen LogP contribution in [0.15, 0.2) is 42.5 Å². The molecule has 1 atom stereocenters. The summed E-state index contributed by atoms with van der Waals surface area (Å²) in [5, 5.41) is 10.2. The number of hydrogen-bond acceptors (Lipinski definition) is 3. The number of halogens is 1. The maximum atomic E-state index is 9.56. The largest absolute Gasteiger partial charge is 0.496 e. The Labute approximate surface area is 123 Å². The van der Waals surface area contributed by atoms with E-state index in [4.69, 9.17) is 21.1 Å². The Morgan fingerprint density at radius 3 is 2.70 bits per heavy atom. The smallest absolute Gasteiger partial charge is 0.125 e. The van der Waals surface area contributed by atoms with Gasteiger partial charge < -0.3 is 14.6 Å². The highest BCUT2D eigenvalue weighted by Crippen LogP contribution is 2.25. The van der Waals surface area contributed by atoms with Gasteiger partial charge >= 0.3 is 0 Å². The standard InChI is InChI=1S/C16H17ClO3/c1-11(18)12-4-3-5-15(9-12)20-10-13-8-14(17)6-7-16(13)19-2/h3-9,11,18H,10H2,1-2H3. The molecule has 0 saturated heterocycles. The van der Waals surface area contributed by atoms with E-state index in [9.17, 15) is 5.11 Å². The van der Waals surface area contributed by atoms with Gasteiger partial charge in [0.25, 0.3) is 0 Å². The summed E-state index contributed by atoms with van der Waals surface area (Å²) in [7, 11) is 1.61. The Bertz CT molecular complexity index is 582. The highest BCUT2D eigenvalue weighted by atomic mass is 35.5. The van der Waals surface area contributed by atoms with Crippen molar-refractivity contribution in [2.45, 2.75) is 19.6 Å². The number of methoxy groups -OCH3 is 1. The van der Waals surface area contributed by atoms with E-state index in [2.05, 4.69) is 0 Å². The normalized spacial score (nSPS) is 12.0. The first-order chi connectivity index (χ1) is 9.60. The molecule has 0 aliphatic heterocycles. The van der Waals surface area contributed by atoms with E-state index in [1.165, 1.54) is 0 Å². The maximum Gasteiger partial charge on any atom is 0.125 e. The summed E-state index contributed by atoms with van der Waals surface area (Å²) >= 11 is 5.98. The zero-order valence-electron chi connectivity index (χ0n) is 11.5. The molecule has 2 rings (SSSR count). The van der Waals surface area contributed by atoms with Crippen LogP contribution >= 0.6 is 11.6 Å². The second-order valence-electron chi connectivity index (χ2n) is 4.49. The maximum absolute atomic E-state index is 9.56. The molecule has 1 N–H and O–H groups in total. The number of ether oxygens (including phenoxy) is 2. The van der Waals surface area contributed by atoms with Gasteiger partial charge in [-0.15, -0.1) is 0 Å². The van der Waals surface area contributed by atoms with Crippen LogP contribution in [0.2, 0.25) is 5.02 Å². The van der Waals surface area contributed by atoms with Crippen molar-refractivity contribution in [2.24, 2.45) is 0 Å². The van der Waals surface area contributed by atoms with Crippen molar-refractivity contribution in [3.05, 3.63) is 58.6 Å². The Morgan fingerprint density at radius 1 is 1.20 bits per heavy atom. The summed E-state index contributed by atoms with van der Waals surface area (Å²) < 4.78 is 11.0. The van der Waals surface area contributed by atoms with Crippen LogP contribution in [0.3, 0.4) is 0 Å². The van der Waals surface area contributed by atoms with Crippen LogP contribution in [0.1, 0.15) is 24.2 Å². The zero-order valence-corrected chi connectivity index (χ0v) is 12.2. The van der Waals surface area contributed by atoms with Crippen molar-refractivity contribution in [1.29, 1.82) is 0 Å². The molecule has 2 aromatic carbocycles. The summed E-state index contributed by atoms with van der Waals surface area (Å²) in [5.41, 5.74) is 1.70. The molecule has 106 valence electrons. The zero-order chi connectivity index (χ0) is 14.5. The lowest BCUT2D eigenvalue weighted by molar-refractivity contribution is 0.198. The van der Waals surface area contributed by atoms with E-state index in [0.29, 0.717) is 17.4 Å². The molecule has 0 radical (unpaired) electrons. The molecule has 4 heteroatoms. The van der Waals surface area contributed by atoms with Crippen LogP contribution in [-0.2, 0) is 6.61 Å². The Kier molecular flexibility index (Phi) is 4.88. The third-order valence-corrected chi connectivity index (χ3v) is 3.21. The Morgan fingerprint density at radius 2 is 2.00 bits per heavy atom. The second kappa shape index (κ2) is 6.64. The fourth-order valence-electron chi connectivity index (χ4n) is 1.89. The van der Waals surface area contributed by atoms with Crippen LogP contribution in [0.5, 0.6) is 11.5 Å². The minimum atomic E-state index is -0.515. The SMILES string of the molecule is COc1ccc(Cl)cc1COc1cccc(C(C)O)c1. The average molecular weight is 293 g/mol. The summed E-state index contributed by atoms with van der Waals surface area (Å²) in [4.78, 5) is 0. The molecule has 0 fully saturated rings. The molecule has 0 aliphatic carbocycles. The fourth-order valence-corrected chi connectivity index (χ4v) is 2.08. The molecule has 0 heterocycles. The molecule has 1 unspecified atom stereocenters. The quantitative estimate of drug-likeness (QED) is 0.906. The van der Waals surface area contributed by atoms with E-state index in [1.54, 1.807) is 20.1 Å². The van der Waals surface area contributed by atoms with Crippen molar-refractivity contribution in [1.82, 2.24) is 0 Å². The average Bonchev–Trinajstić information content (AvgIpc) is 2.45. The molecule has 20 heavy (non-hydrogen) atoms. The van der Waals surface area contributed by atoms with Crippen LogP contribution in [-0.4, -0.2) is 12.2 Å². The number of hydrogen-bond donors (Lipinski definition) is 1. The highest BCUT2D eigenvalue weighted by Gasteiger charge is 2.06. The highest BCUT2D eigenvalue weighted by molar-refractivity contribution is 6.30. The molecule has 0 bridgehead atoms. The molecule has 3 nitrogen and oxygen atoms in total. The van der Waals surface area contributed by atoms with Crippen LogP contribution in [0.4, 0.5) is 0 Å². The lowest BCUT2D eigenvalue weighted by Crippen LogP contribution is -1.99. The molecule has 0 saturated carbocycles. The van der Waals surface area contributed by atoms with Gasteiger partial charge in [0.05, 0.1) is 13.2 Å². The molecular formula is C16H17ClO3. The van der Waals surface area contributed by atoms with Crippen LogP contribution < -0.4 is 9.47 Å². The summed E-state index contributed by atoms with van der Waals surface area (Å²) in [6.07, 6.45) is -0.515. The van der Waals surface area contributed by atoms with Crippen LogP contribution in [0.25, 0.3) is 0 Å². The minimum Gasteiger partial charge on any atom is -0.496 e. The van der Waals surface area contributed by atoms with Crippen LogP contribution in [0, 0.1) is 0 Å². The number of benzene rings is 2. The minimum absolute atomic E-state index is 0.354. The van der Waals surface area contributed by atoms with Gasteiger partial charge in [-0.3, -0.25) is 0 Å². The molecule has 0 aliphatic rings. The molecule has 0 spiro atoms. The predicted octanol–water partition coefficient (Wildman–Crippen LogP) is 3.98. The van der Waals surface area contributed by atoms with E-state index < -0.39 is 6.10 Å². The summed E-state index contributed by atoms with van der Waals surface area (Å²) in [5.74, 6) is 1.44. The Balaban J connectivity index is 2.12. The third kappa shape index (κ3) is 3.65. The first kappa shape index (κ1) is 14.7.